The molecule has 130 valence electrons. The Hall–Kier alpha value is -0.570. The average molecular weight is 427 g/mol. The van der Waals surface area contributed by atoms with Crippen LogP contribution in [0.5, 0.6) is 0 Å². The summed E-state index contributed by atoms with van der Waals surface area (Å²) in [7, 11) is 3.24. The van der Waals surface area contributed by atoms with E-state index in [1.807, 2.05) is 13.8 Å². The predicted octanol–water partition coefficient (Wildman–Crippen LogP) is 1.88. The number of nitrogens with zero attached hydrogens (tertiary/aromatic N) is 2. The van der Waals surface area contributed by atoms with Crippen LogP contribution >= 0.6 is 24.0 Å². The number of aliphatic imine (C=N–C) groups is 1. The molecular formula is C15H30IN3O3. The van der Waals surface area contributed by atoms with Crippen LogP contribution in [0.4, 0.5) is 0 Å². The molecule has 0 aromatic heterocycles. The van der Waals surface area contributed by atoms with Crippen molar-refractivity contribution in [3.8, 4) is 0 Å². The molecule has 0 unspecified atom stereocenters. The van der Waals surface area contributed by atoms with E-state index in [0.29, 0.717) is 0 Å². The molecule has 0 aromatic carbocycles. The molecule has 0 amide bonds. The molecule has 0 atom stereocenters. The third kappa shape index (κ3) is 7.62. The summed E-state index contributed by atoms with van der Waals surface area (Å²) in [5.41, 5.74) is 0. The van der Waals surface area contributed by atoms with Crippen molar-refractivity contribution < 1.29 is 14.3 Å². The maximum atomic E-state index is 11.5. The van der Waals surface area contributed by atoms with Crippen LogP contribution in [-0.4, -0.2) is 63.3 Å². The van der Waals surface area contributed by atoms with Crippen molar-refractivity contribution in [2.45, 2.75) is 39.2 Å². The van der Waals surface area contributed by atoms with E-state index < -0.39 is 0 Å². The predicted molar refractivity (Wildman–Crippen MR) is 98.8 cm³/mol. The number of guanidine groups is 1. The lowest BCUT2D eigenvalue weighted by atomic mass is 9.97. The minimum absolute atomic E-state index is 0. The summed E-state index contributed by atoms with van der Waals surface area (Å²) in [6.45, 7) is 7.35. The summed E-state index contributed by atoms with van der Waals surface area (Å²) in [5.74, 6) is 0.843. The highest BCUT2D eigenvalue weighted by molar-refractivity contribution is 14.0. The summed E-state index contributed by atoms with van der Waals surface area (Å²) in [6, 6.07) is 0. The molecule has 1 aliphatic rings. The number of carbonyl (C=O) groups is 1. The number of rotatable bonds is 6. The molecule has 0 bridgehead atoms. The van der Waals surface area contributed by atoms with Gasteiger partial charge in [0.15, 0.2) is 5.96 Å². The first-order valence-corrected chi connectivity index (χ1v) is 7.73. The number of likely N-dealkylation sites (tertiary alicyclic amines) is 1. The molecule has 1 saturated heterocycles. The number of hydrogen-bond acceptors (Lipinski definition) is 4. The highest BCUT2D eigenvalue weighted by atomic mass is 127. The SMILES string of the molecule is CN=C(NCCCOC(C)C)N1CCC(C(=O)OC)CC1.I. The van der Waals surface area contributed by atoms with Crippen LogP contribution in [0, 0.1) is 5.92 Å². The van der Waals surface area contributed by atoms with Crippen molar-refractivity contribution >= 4 is 35.9 Å². The fourth-order valence-electron chi connectivity index (χ4n) is 2.42. The topological polar surface area (TPSA) is 63.2 Å². The lowest BCUT2D eigenvalue weighted by Gasteiger charge is -2.33. The Morgan fingerprint density at radius 3 is 2.50 bits per heavy atom. The molecule has 0 aliphatic carbocycles. The van der Waals surface area contributed by atoms with Gasteiger partial charge in [0, 0.05) is 33.3 Å². The standard InChI is InChI=1S/C15H29N3O3.HI/c1-12(2)21-11-5-8-17-15(16-3)18-9-6-13(7-10-18)14(19)20-4;/h12-13H,5-11H2,1-4H3,(H,16,17);1H. The van der Waals surface area contributed by atoms with Crippen LogP contribution in [0.2, 0.25) is 0 Å². The Morgan fingerprint density at radius 2 is 2.00 bits per heavy atom. The van der Waals surface area contributed by atoms with Gasteiger partial charge in [-0.2, -0.15) is 0 Å². The van der Waals surface area contributed by atoms with Crippen molar-refractivity contribution in [1.82, 2.24) is 10.2 Å². The van der Waals surface area contributed by atoms with Crippen molar-refractivity contribution in [3.05, 3.63) is 0 Å². The zero-order chi connectivity index (χ0) is 15.7. The Morgan fingerprint density at radius 1 is 1.36 bits per heavy atom. The summed E-state index contributed by atoms with van der Waals surface area (Å²) in [4.78, 5) is 18.0. The molecule has 0 spiro atoms. The molecule has 0 radical (unpaired) electrons. The Bertz CT molecular complexity index is 343. The summed E-state index contributed by atoms with van der Waals surface area (Å²) in [6.07, 6.45) is 2.88. The van der Waals surface area contributed by atoms with Gasteiger partial charge in [0.25, 0.3) is 0 Å². The molecule has 1 heterocycles. The van der Waals surface area contributed by atoms with Gasteiger partial charge >= 0.3 is 5.97 Å². The second-order valence-corrected chi connectivity index (χ2v) is 5.53. The maximum absolute atomic E-state index is 11.5. The Kier molecular flexibility index (Phi) is 11.6. The van der Waals surface area contributed by atoms with Gasteiger partial charge in [-0.25, -0.2) is 0 Å². The van der Waals surface area contributed by atoms with Gasteiger partial charge in [-0.1, -0.05) is 0 Å². The van der Waals surface area contributed by atoms with E-state index in [4.69, 9.17) is 9.47 Å². The molecule has 1 fully saturated rings. The zero-order valence-corrected chi connectivity index (χ0v) is 16.5. The molecule has 6 nitrogen and oxygen atoms in total. The average Bonchev–Trinajstić information content (AvgIpc) is 2.50. The van der Waals surface area contributed by atoms with Gasteiger partial charge < -0.3 is 19.7 Å². The lowest BCUT2D eigenvalue weighted by molar-refractivity contribution is -0.146. The quantitative estimate of drug-likeness (QED) is 0.231. The van der Waals surface area contributed by atoms with E-state index in [-0.39, 0.29) is 42.0 Å². The molecule has 22 heavy (non-hydrogen) atoms. The summed E-state index contributed by atoms with van der Waals surface area (Å²) < 4.78 is 10.3. The Balaban J connectivity index is 0.00000441. The summed E-state index contributed by atoms with van der Waals surface area (Å²) >= 11 is 0. The van der Waals surface area contributed by atoms with E-state index in [0.717, 1.165) is 51.5 Å². The second-order valence-electron chi connectivity index (χ2n) is 5.53. The molecule has 0 saturated carbocycles. The van der Waals surface area contributed by atoms with E-state index in [1.165, 1.54) is 7.11 Å². The minimum Gasteiger partial charge on any atom is -0.469 e. The van der Waals surface area contributed by atoms with Crippen LogP contribution in [0.15, 0.2) is 4.99 Å². The normalized spacial score (nSPS) is 16.4. The lowest BCUT2D eigenvalue weighted by Crippen LogP contribution is -2.47. The van der Waals surface area contributed by atoms with E-state index in [2.05, 4.69) is 15.2 Å². The van der Waals surface area contributed by atoms with Crippen LogP contribution in [0.1, 0.15) is 33.1 Å². The number of hydrogen-bond donors (Lipinski definition) is 1. The molecule has 1 aliphatic heterocycles. The molecule has 0 aromatic rings. The van der Waals surface area contributed by atoms with Crippen LogP contribution in [-0.2, 0) is 14.3 Å². The Labute approximate surface area is 151 Å². The highest BCUT2D eigenvalue weighted by Crippen LogP contribution is 2.18. The van der Waals surface area contributed by atoms with E-state index >= 15 is 0 Å². The maximum Gasteiger partial charge on any atom is 0.308 e. The minimum atomic E-state index is -0.0940. The van der Waals surface area contributed by atoms with Crippen LogP contribution in [0.3, 0.4) is 0 Å². The fraction of sp³-hybridized carbons (Fsp3) is 0.867. The third-order valence-electron chi connectivity index (χ3n) is 3.60. The number of nitrogens with one attached hydrogen (secondary N) is 1. The largest absolute Gasteiger partial charge is 0.469 e. The number of ether oxygens (including phenoxy) is 2. The molecule has 1 rings (SSSR count). The molecule has 7 heteroatoms. The fourth-order valence-corrected chi connectivity index (χ4v) is 2.42. The van der Waals surface area contributed by atoms with Crippen LogP contribution < -0.4 is 5.32 Å². The van der Waals surface area contributed by atoms with E-state index in [9.17, 15) is 4.79 Å². The van der Waals surface area contributed by atoms with Gasteiger partial charge in [-0.05, 0) is 33.1 Å². The first kappa shape index (κ1) is 21.4. The van der Waals surface area contributed by atoms with E-state index in [1.54, 1.807) is 7.05 Å². The summed E-state index contributed by atoms with van der Waals surface area (Å²) in [5, 5.41) is 3.35. The first-order chi connectivity index (χ1) is 10.1. The van der Waals surface area contributed by atoms with Crippen molar-refractivity contribution in [2.75, 3.05) is 40.4 Å². The monoisotopic (exact) mass is 427 g/mol. The number of piperidine rings is 1. The smallest absolute Gasteiger partial charge is 0.308 e. The number of esters is 1. The first-order valence-electron chi connectivity index (χ1n) is 7.73. The van der Waals surface area contributed by atoms with Gasteiger partial charge in [-0.3, -0.25) is 9.79 Å². The van der Waals surface area contributed by atoms with Gasteiger partial charge in [-0.15, -0.1) is 24.0 Å². The molecule has 1 N–H and O–H groups in total. The third-order valence-corrected chi connectivity index (χ3v) is 3.60. The van der Waals surface area contributed by atoms with Gasteiger partial charge in [0.1, 0.15) is 0 Å². The highest BCUT2D eigenvalue weighted by Gasteiger charge is 2.26. The van der Waals surface area contributed by atoms with Crippen molar-refractivity contribution in [1.29, 1.82) is 0 Å². The van der Waals surface area contributed by atoms with Crippen molar-refractivity contribution in [3.63, 3.8) is 0 Å². The zero-order valence-electron chi connectivity index (χ0n) is 14.1. The van der Waals surface area contributed by atoms with Gasteiger partial charge in [0.05, 0.1) is 19.1 Å². The number of methoxy groups -OCH3 is 1. The number of carbonyl (C=O) groups excluding carboxylic acids is 1. The van der Waals surface area contributed by atoms with Crippen LogP contribution in [0.25, 0.3) is 0 Å². The second kappa shape index (κ2) is 11.9. The molecular weight excluding hydrogens is 397 g/mol. The van der Waals surface area contributed by atoms with Crippen molar-refractivity contribution in [2.24, 2.45) is 10.9 Å². The number of halogens is 1. The van der Waals surface area contributed by atoms with Gasteiger partial charge in [0.2, 0.25) is 0 Å².